The van der Waals surface area contributed by atoms with Crippen molar-refractivity contribution in [2.75, 3.05) is 18.0 Å². The lowest BCUT2D eigenvalue weighted by molar-refractivity contribution is -0.123. The topological polar surface area (TPSA) is 69.3 Å². The Kier molecular flexibility index (Phi) is 6.73. The van der Waals surface area contributed by atoms with Crippen molar-refractivity contribution >= 4 is 46.1 Å². The average Bonchev–Trinajstić information content (AvgIpc) is 3.00. The fourth-order valence-corrected chi connectivity index (χ4v) is 5.43. The fraction of sp³-hybridized carbons (Fsp3) is 0.545. The van der Waals surface area contributed by atoms with E-state index in [2.05, 4.69) is 17.9 Å². The SMILES string of the molecule is CC[C@@H](C)N1C(=O)/C(=C/c2c(C)c(C#N)c(=O)n(C)c2N2CCC(C)CC2)SC1=S. The number of hydrogen-bond acceptors (Lipinski definition) is 6. The van der Waals surface area contributed by atoms with Crippen LogP contribution in [0.25, 0.3) is 6.08 Å². The molecule has 160 valence electrons. The van der Waals surface area contributed by atoms with Crippen molar-refractivity contribution < 1.29 is 4.79 Å². The summed E-state index contributed by atoms with van der Waals surface area (Å²) < 4.78 is 2.11. The van der Waals surface area contributed by atoms with Crippen molar-refractivity contribution in [2.24, 2.45) is 13.0 Å². The van der Waals surface area contributed by atoms with Crippen LogP contribution < -0.4 is 10.5 Å². The van der Waals surface area contributed by atoms with Crippen LogP contribution in [-0.4, -0.2) is 38.8 Å². The molecule has 2 saturated heterocycles. The van der Waals surface area contributed by atoms with Gasteiger partial charge in [-0.3, -0.25) is 19.1 Å². The molecule has 2 fully saturated rings. The summed E-state index contributed by atoms with van der Waals surface area (Å²) in [6.45, 7) is 9.72. The molecule has 0 saturated carbocycles. The maximum absolute atomic E-state index is 13.1. The van der Waals surface area contributed by atoms with Gasteiger partial charge in [0.15, 0.2) is 0 Å². The maximum atomic E-state index is 13.1. The Morgan fingerprint density at radius 1 is 1.33 bits per heavy atom. The number of piperidine rings is 1. The van der Waals surface area contributed by atoms with Gasteiger partial charge in [-0.05, 0) is 50.7 Å². The van der Waals surface area contributed by atoms with Crippen molar-refractivity contribution in [1.82, 2.24) is 9.47 Å². The van der Waals surface area contributed by atoms with Gasteiger partial charge in [0.05, 0.1) is 4.91 Å². The van der Waals surface area contributed by atoms with E-state index in [-0.39, 0.29) is 23.1 Å². The third-order valence-electron chi connectivity index (χ3n) is 6.18. The van der Waals surface area contributed by atoms with E-state index in [0.29, 0.717) is 20.7 Å². The molecule has 2 aliphatic heterocycles. The van der Waals surface area contributed by atoms with Gasteiger partial charge in [-0.15, -0.1) is 0 Å². The highest BCUT2D eigenvalue weighted by Gasteiger charge is 2.35. The molecule has 8 heteroatoms. The van der Waals surface area contributed by atoms with Gasteiger partial charge in [0.1, 0.15) is 21.8 Å². The monoisotopic (exact) mass is 444 g/mol. The Bertz CT molecular complexity index is 1010. The first-order valence-electron chi connectivity index (χ1n) is 10.4. The van der Waals surface area contributed by atoms with E-state index in [1.807, 2.05) is 19.9 Å². The van der Waals surface area contributed by atoms with Gasteiger partial charge in [0.2, 0.25) is 0 Å². The summed E-state index contributed by atoms with van der Waals surface area (Å²) in [7, 11) is 1.71. The van der Waals surface area contributed by atoms with Gasteiger partial charge in [-0.2, -0.15) is 5.26 Å². The zero-order valence-corrected chi connectivity index (χ0v) is 19.8. The molecule has 1 aromatic rings. The highest BCUT2D eigenvalue weighted by Crippen LogP contribution is 2.37. The number of nitrogens with zero attached hydrogens (tertiary/aromatic N) is 4. The summed E-state index contributed by atoms with van der Waals surface area (Å²) in [6, 6.07) is 2.08. The molecule has 0 aliphatic carbocycles. The second-order valence-electron chi connectivity index (χ2n) is 8.19. The number of thioether (sulfide) groups is 1. The minimum Gasteiger partial charge on any atom is -0.357 e. The molecule has 0 radical (unpaired) electrons. The van der Waals surface area contributed by atoms with Crippen LogP contribution in [0.3, 0.4) is 0 Å². The predicted molar refractivity (Wildman–Crippen MR) is 127 cm³/mol. The highest BCUT2D eigenvalue weighted by molar-refractivity contribution is 8.26. The first-order valence-corrected chi connectivity index (χ1v) is 11.6. The normalized spacial score (nSPS) is 20.2. The molecular weight excluding hydrogens is 416 g/mol. The lowest BCUT2D eigenvalue weighted by Crippen LogP contribution is -2.38. The lowest BCUT2D eigenvalue weighted by atomic mass is 9.97. The third kappa shape index (κ3) is 3.93. The van der Waals surface area contributed by atoms with Crippen LogP contribution in [0.15, 0.2) is 9.70 Å². The fourth-order valence-electron chi connectivity index (χ4n) is 3.99. The van der Waals surface area contributed by atoms with E-state index in [0.717, 1.165) is 43.7 Å². The standard InChI is InChI=1S/C22H28N4O2S2/c1-6-14(3)26-21(28)18(30-22(26)29)11-16-15(4)17(12-23)20(27)24(5)19(16)25-9-7-13(2)8-10-25/h11,13-14H,6-10H2,1-5H3/b18-11-/t14-/m1/s1. The van der Waals surface area contributed by atoms with Crippen molar-refractivity contribution in [3.05, 3.63) is 31.9 Å². The molecule has 3 heterocycles. The molecule has 3 rings (SSSR count). The van der Waals surface area contributed by atoms with Crippen LogP contribution in [0.5, 0.6) is 0 Å². The molecule has 0 spiro atoms. The number of pyridine rings is 1. The second-order valence-corrected chi connectivity index (χ2v) is 9.87. The minimum absolute atomic E-state index is 0.0300. The van der Waals surface area contributed by atoms with E-state index >= 15 is 0 Å². The first kappa shape index (κ1) is 22.6. The van der Waals surface area contributed by atoms with Crippen molar-refractivity contribution in [3.8, 4) is 6.07 Å². The number of hydrogen-bond donors (Lipinski definition) is 0. The van der Waals surface area contributed by atoms with Gasteiger partial charge >= 0.3 is 0 Å². The highest BCUT2D eigenvalue weighted by atomic mass is 32.2. The van der Waals surface area contributed by atoms with Crippen LogP contribution >= 0.6 is 24.0 Å². The van der Waals surface area contributed by atoms with Crippen molar-refractivity contribution in [2.45, 2.75) is 53.0 Å². The third-order valence-corrected chi connectivity index (χ3v) is 7.51. The summed E-state index contributed by atoms with van der Waals surface area (Å²) in [5.74, 6) is 1.31. The Hall–Kier alpha value is -2.11. The largest absolute Gasteiger partial charge is 0.357 e. The molecule has 2 aliphatic rings. The smallest absolute Gasteiger partial charge is 0.270 e. The Labute approximate surface area is 187 Å². The molecule has 1 aromatic heterocycles. The summed E-state index contributed by atoms with van der Waals surface area (Å²) in [4.78, 5) is 30.3. The molecule has 1 amide bonds. The second kappa shape index (κ2) is 8.94. The lowest BCUT2D eigenvalue weighted by Gasteiger charge is -2.34. The Morgan fingerprint density at radius 3 is 2.53 bits per heavy atom. The zero-order valence-electron chi connectivity index (χ0n) is 18.2. The Morgan fingerprint density at radius 2 is 1.97 bits per heavy atom. The van der Waals surface area contributed by atoms with Gasteiger partial charge in [0, 0.05) is 31.7 Å². The van der Waals surface area contributed by atoms with Gasteiger partial charge in [-0.1, -0.05) is 37.8 Å². The van der Waals surface area contributed by atoms with Crippen LogP contribution in [0.1, 0.15) is 56.7 Å². The first-order chi connectivity index (χ1) is 14.2. The van der Waals surface area contributed by atoms with Crippen LogP contribution in [-0.2, 0) is 11.8 Å². The quantitative estimate of drug-likeness (QED) is 0.520. The molecule has 0 bridgehead atoms. The molecule has 0 N–H and O–H groups in total. The number of anilines is 1. The van der Waals surface area contributed by atoms with E-state index in [1.54, 1.807) is 23.4 Å². The van der Waals surface area contributed by atoms with Crippen molar-refractivity contribution in [3.63, 3.8) is 0 Å². The van der Waals surface area contributed by atoms with Crippen LogP contribution in [0.4, 0.5) is 5.82 Å². The van der Waals surface area contributed by atoms with E-state index in [1.165, 1.54) is 11.8 Å². The molecule has 0 aromatic carbocycles. The van der Waals surface area contributed by atoms with Crippen molar-refractivity contribution in [1.29, 1.82) is 5.26 Å². The van der Waals surface area contributed by atoms with Gasteiger partial charge in [0.25, 0.3) is 11.5 Å². The molecular formula is C22H28N4O2S2. The maximum Gasteiger partial charge on any atom is 0.270 e. The molecule has 30 heavy (non-hydrogen) atoms. The van der Waals surface area contributed by atoms with E-state index in [9.17, 15) is 14.9 Å². The van der Waals surface area contributed by atoms with Crippen LogP contribution in [0.2, 0.25) is 0 Å². The van der Waals surface area contributed by atoms with Crippen LogP contribution in [0, 0.1) is 24.2 Å². The summed E-state index contributed by atoms with van der Waals surface area (Å²) in [6.07, 6.45) is 4.73. The number of rotatable bonds is 4. The number of thiocarbonyl (C=S) groups is 1. The summed E-state index contributed by atoms with van der Waals surface area (Å²) in [5, 5.41) is 9.59. The van der Waals surface area contributed by atoms with Gasteiger partial charge < -0.3 is 4.90 Å². The molecule has 6 nitrogen and oxygen atoms in total. The number of aromatic nitrogens is 1. The summed E-state index contributed by atoms with van der Waals surface area (Å²) >= 11 is 6.75. The average molecular weight is 445 g/mol. The molecule has 0 unspecified atom stereocenters. The van der Waals surface area contributed by atoms with E-state index < -0.39 is 0 Å². The Balaban J connectivity index is 2.16. The minimum atomic E-state index is -0.298. The van der Waals surface area contributed by atoms with Gasteiger partial charge in [-0.25, -0.2) is 0 Å². The number of amides is 1. The number of carbonyl (C=O) groups excluding carboxylic acids is 1. The predicted octanol–water partition coefficient (Wildman–Crippen LogP) is 3.80. The number of carbonyl (C=O) groups is 1. The van der Waals surface area contributed by atoms with E-state index in [4.69, 9.17) is 12.2 Å². The summed E-state index contributed by atoms with van der Waals surface area (Å²) in [5.41, 5.74) is 1.19. The number of nitriles is 1. The molecule has 1 atom stereocenters. The zero-order chi connectivity index (χ0) is 22.2.